The summed E-state index contributed by atoms with van der Waals surface area (Å²) in [6, 6.07) is 0. The molecule has 0 saturated heterocycles. The van der Waals surface area contributed by atoms with Crippen molar-refractivity contribution in [3.63, 3.8) is 0 Å². The van der Waals surface area contributed by atoms with E-state index in [-0.39, 0.29) is 0 Å². The Kier molecular flexibility index (Phi) is 7.65. The fourth-order valence-corrected chi connectivity index (χ4v) is 0.769. The van der Waals surface area contributed by atoms with Crippen LogP contribution in [0, 0.1) is 0 Å². The zero-order valence-electron chi connectivity index (χ0n) is 9.02. The van der Waals surface area contributed by atoms with E-state index in [1.165, 1.54) is 5.57 Å². The van der Waals surface area contributed by atoms with Gasteiger partial charge in [-0.1, -0.05) is 23.8 Å². The average Bonchev–Trinajstić information content (AvgIpc) is 2.01. The molecule has 0 saturated carbocycles. The van der Waals surface area contributed by atoms with Gasteiger partial charge < -0.3 is 10.1 Å². The van der Waals surface area contributed by atoms with Crippen molar-refractivity contribution in [1.82, 2.24) is 5.32 Å². The maximum Gasteiger partial charge on any atom is 0.0672 e. The van der Waals surface area contributed by atoms with Gasteiger partial charge in [-0.25, -0.2) is 0 Å². The van der Waals surface area contributed by atoms with Crippen LogP contribution in [0.5, 0.6) is 0 Å². The van der Waals surface area contributed by atoms with E-state index in [9.17, 15) is 0 Å². The second kappa shape index (κ2) is 8.02. The second-order valence-electron chi connectivity index (χ2n) is 3.50. The zero-order valence-corrected chi connectivity index (χ0v) is 9.02. The largest absolute Gasteiger partial charge is 0.376 e. The molecule has 0 spiro atoms. The third-order valence-electron chi connectivity index (χ3n) is 1.43. The monoisotopic (exact) mass is 183 g/mol. The molecule has 0 aromatic carbocycles. The lowest BCUT2D eigenvalue weighted by atomic mass is 10.3. The molecule has 0 fully saturated rings. The van der Waals surface area contributed by atoms with Crippen molar-refractivity contribution in [3.05, 3.63) is 23.8 Å². The van der Waals surface area contributed by atoms with E-state index in [0.717, 1.165) is 25.3 Å². The van der Waals surface area contributed by atoms with Crippen LogP contribution in [0.2, 0.25) is 0 Å². The Balaban J connectivity index is 3.09. The van der Waals surface area contributed by atoms with Gasteiger partial charge >= 0.3 is 0 Å². The molecule has 0 aliphatic carbocycles. The number of rotatable bonds is 7. The van der Waals surface area contributed by atoms with Crippen molar-refractivity contribution >= 4 is 0 Å². The van der Waals surface area contributed by atoms with Gasteiger partial charge in [0.15, 0.2) is 0 Å². The molecule has 2 nitrogen and oxygen atoms in total. The van der Waals surface area contributed by atoms with E-state index in [4.69, 9.17) is 4.74 Å². The van der Waals surface area contributed by atoms with Crippen LogP contribution in [-0.2, 0) is 4.74 Å². The highest BCUT2D eigenvalue weighted by molar-refractivity contribution is 4.94. The number of ether oxygens (including phenoxy) is 1. The van der Waals surface area contributed by atoms with Gasteiger partial charge in [-0.2, -0.15) is 0 Å². The third-order valence-corrected chi connectivity index (χ3v) is 1.43. The maximum absolute atomic E-state index is 5.32. The molecule has 0 atom stereocenters. The highest BCUT2D eigenvalue weighted by Gasteiger charge is 1.87. The molecule has 0 aliphatic rings. The molecule has 0 heterocycles. The second-order valence-corrected chi connectivity index (χ2v) is 3.50. The lowest BCUT2D eigenvalue weighted by molar-refractivity contribution is 0.159. The third kappa shape index (κ3) is 11.4. The fraction of sp³-hybridized carbons (Fsp3) is 0.636. The fourth-order valence-electron chi connectivity index (χ4n) is 0.769. The Morgan fingerprint density at radius 3 is 2.62 bits per heavy atom. The molecule has 0 radical (unpaired) electrons. The van der Waals surface area contributed by atoms with Crippen molar-refractivity contribution in [2.24, 2.45) is 0 Å². The standard InChI is InChI=1S/C11H21NO/c1-10(2)5-6-12-7-8-13-9-11(3)4/h5,12H,3,6-9H2,1-2,4H3. The molecule has 0 rings (SSSR count). The van der Waals surface area contributed by atoms with E-state index in [1.807, 2.05) is 6.92 Å². The van der Waals surface area contributed by atoms with E-state index >= 15 is 0 Å². The van der Waals surface area contributed by atoms with Crippen molar-refractivity contribution in [2.75, 3.05) is 26.3 Å². The van der Waals surface area contributed by atoms with Crippen LogP contribution in [-0.4, -0.2) is 26.3 Å². The summed E-state index contributed by atoms with van der Waals surface area (Å²) in [6.07, 6.45) is 2.17. The van der Waals surface area contributed by atoms with Gasteiger partial charge in [0.05, 0.1) is 13.2 Å². The normalized spacial score (nSPS) is 9.77. The minimum atomic E-state index is 0.671. The summed E-state index contributed by atoms with van der Waals surface area (Å²) in [4.78, 5) is 0. The number of hydrogen-bond donors (Lipinski definition) is 1. The Morgan fingerprint density at radius 2 is 2.08 bits per heavy atom. The van der Waals surface area contributed by atoms with Crippen molar-refractivity contribution in [1.29, 1.82) is 0 Å². The molecule has 0 amide bonds. The summed E-state index contributed by atoms with van der Waals surface area (Å²) in [6.45, 7) is 13.2. The molecule has 0 aromatic heterocycles. The first-order valence-corrected chi connectivity index (χ1v) is 4.69. The van der Waals surface area contributed by atoms with Gasteiger partial charge in [0.1, 0.15) is 0 Å². The summed E-state index contributed by atoms with van der Waals surface area (Å²) >= 11 is 0. The summed E-state index contributed by atoms with van der Waals surface area (Å²) < 4.78 is 5.32. The molecule has 1 N–H and O–H groups in total. The lowest BCUT2D eigenvalue weighted by Crippen LogP contribution is -2.20. The van der Waals surface area contributed by atoms with Crippen LogP contribution < -0.4 is 5.32 Å². The first-order valence-electron chi connectivity index (χ1n) is 4.69. The summed E-state index contributed by atoms with van der Waals surface area (Å²) in [7, 11) is 0. The minimum Gasteiger partial charge on any atom is -0.376 e. The van der Waals surface area contributed by atoms with Gasteiger partial charge in [-0.05, 0) is 20.8 Å². The highest BCUT2D eigenvalue weighted by atomic mass is 16.5. The smallest absolute Gasteiger partial charge is 0.0672 e. The first-order chi connectivity index (χ1) is 6.13. The molecule has 2 heteroatoms. The Hall–Kier alpha value is -0.600. The van der Waals surface area contributed by atoms with E-state index in [2.05, 4.69) is 31.8 Å². The van der Waals surface area contributed by atoms with Crippen LogP contribution in [0.4, 0.5) is 0 Å². The number of nitrogens with one attached hydrogen (secondary N) is 1. The predicted octanol–water partition coefficient (Wildman–Crippen LogP) is 2.13. The molecular weight excluding hydrogens is 162 g/mol. The van der Waals surface area contributed by atoms with Crippen LogP contribution in [0.1, 0.15) is 20.8 Å². The Labute approximate surface area is 81.7 Å². The predicted molar refractivity (Wildman–Crippen MR) is 57.9 cm³/mol. The Bertz CT molecular complexity index is 169. The minimum absolute atomic E-state index is 0.671. The summed E-state index contributed by atoms with van der Waals surface area (Å²) in [5, 5.41) is 3.26. The van der Waals surface area contributed by atoms with E-state index in [0.29, 0.717) is 6.61 Å². The van der Waals surface area contributed by atoms with E-state index < -0.39 is 0 Å². The van der Waals surface area contributed by atoms with Crippen molar-refractivity contribution in [3.8, 4) is 0 Å². The molecule has 0 aromatic rings. The molecule has 13 heavy (non-hydrogen) atoms. The zero-order chi connectivity index (χ0) is 10.1. The lowest BCUT2D eigenvalue weighted by Gasteiger charge is -2.03. The SMILES string of the molecule is C=C(C)COCCNCC=C(C)C. The molecule has 0 bridgehead atoms. The van der Waals surface area contributed by atoms with Crippen LogP contribution >= 0.6 is 0 Å². The van der Waals surface area contributed by atoms with Crippen LogP contribution in [0.3, 0.4) is 0 Å². The van der Waals surface area contributed by atoms with Gasteiger partial charge in [0, 0.05) is 13.1 Å². The number of hydrogen-bond acceptors (Lipinski definition) is 2. The van der Waals surface area contributed by atoms with Crippen molar-refractivity contribution < 1.29 is 4.74 Å². The number of allylic oxidation sites excluding steroid dienone is 1. The first kappa shape index (κ1) is 12.4. The molecule has 76 valence electrons. The van der Waals surface area contributed by atoms with Gasteiger partial charge in [-0.15, -0.1) is 0 Å². The Morgan fingerprint density at radius 1 is 1.38 bits per heavy atom. The summed E-state index contributed by atoms with van der Waals surface area (Å²) in [5.41, 5.74) is 2.42. The maximum atomic E-state index is 5.32. The quantitative estimate of drug-likeness (QED) is 0.482. The molecule has 0 aliphatic heterocycles. The molecule has 0 unspecified atom stereocenters. The van der Waals surface area contributed by atoms with Gasteiger partial charge in [0.2, 0.25) is 0 Å². The van der Waals surface area contributed by atoms with Crippen LogP contribution in [0.25, 0.3) is 0 Å². The van der Waals surface area contributed by atoms with E-state index in [1.54, 1.807) is 0 Å². The van der Waals surface area contributed by atoms with Gasteiger partial charge in [0.25, 0.3) is 0 Å². The molecular formula is C11H21NO. The highest BCUT2D eigenvalue weighted by Crippen LogP contribution is 1.87. The van der Waals surface area contributed by atoms with Crippen LogP contribution in [0.15, 0.2) is 23.8 Å². The van der Waals surface area contributed by atoms with Crippen molar-refractivity contribution in [2.45, 2.75) is 20.8 Å². The summed E-state index contributed by atoms with van der Waals surface area (Å²) in [5.74, 6) is 0. The topological polar surface area (TPSA) is 21.3 Å². The average molecular weight is 183 g/mol. The van der Waals surface area contributed by atoms with Gasteiger partial charge in [-0.3, -0.25) is 0 Å².